The number of anilines is 2. The van der Waals surface area contributed by atoms with E-state index in [2.05, 4.69) is 15.1 Å². The maximum absolute atomic E-state index is 12.8. The molecule has 30 heavy (non-hydrogen) atoms. The van der Waals surface area contributed by atoms with Crippen molar-refractivity contribution in [2.24, 2.45) is 7.05 Å². The molecule has 0 amide bonds. The van der Waals surface area contributed by atoms with Crippen molar-refractivity contribution in [2.75, 3.05) is 30.3 Å². The number of hydrogen-bond donors (Lipinski definition) is 1. The molecule has 1 aliphatic heterocycles. The van der Waals surface area contributed by atoms with Gasteiger partial charge in [0.15, 0.2) is 11.5 Å². The summed E-state index contributed by atoms with van der Waals surface area (Å²) in [5, 5.41) is 3.39. The minimum Gasteiger partial charge on any atom is -0.435 e. The Morgan fingerprint density at radius 3 is 2.60 bits per heavy atom. The van der Waals surface area contributed by atoms with E-state index in [1.165, 1.54) is 13.4 Å². The molecule has 10 nitrogen and oxygen atoms in total. The molecule has 2 aromatic rings. The highest BCUT2D eigenvalue weighted by atomic mass is 19.4. The van der Waals surface area contributed by atoms with Crippen LogP contribution in [0.1, 0.15) is 25.5 Å². The molecule has 0 bridgehead atoms. The third kappa shape index (κ3) is 4.83. The number of aromatic nitrogens is 4. The Hall–Kier alpha value is -3.25. The summed E-state index contributed by atoms with van der Waals surface area (Å²) in [5.74, 6) is 0.134. The molecule has 0 saturated carbocycles. The molecule has 13 heteroatoms. The highest BCUT2D eigenvalue weighted by Gasteiger charge is 2.35. The highest BCUT2D eigenvalue weighted by Crippen LogP contribution is 2.35. The van der Waals surface area contributed by atoms with Crippen LogP contribution < -0.4 is 15.4 Å². The van der Waals surface area contributed by atoms with Crippen molar-refractivity contribution in [3.63, 3.8) is 0 Å². The second-order valence-corrected chi connectivity index (χ2v) is 6.49. The van der Waals surface area contributed by atoms with Crippen LogP contribution in [-0.4, -0.2) is 51.7 Å². The van der Waals surface area contributed by atoms with E-state index in [9.17, 15) is 18.0 Å². The summed E-state index contributed by atoms with van der Waals surface area (Å²) in [6.45, 7) is 2.92. The fourth-order valence-electron chi connectivity index (χ4n) is 2.96. The van der Waals surface area contributed by atoms with Gasteiger partial charge < -0.3 is 24.8 Å². The zero-order chi connectivity index (χ0) is 21.9. The summed E-state index contributed by atoms with van der Waals surface area (Å²) < 4.78 is 54.9. The summed E-state index contributed by atoms with van der Waals surface area (Å²) in [7, 11) is 1.32. The average molecular weight is 430 g/mol. The van der Waals surface area contributed by atoms with Gasteiger partial charge in [-0.05, 0) is 6.92 Å². The molecule has 0 radical (unpaired) electrons. The Balaban J connectivity index is 1.69. The number of carbonyl (C=O) groups is 1. The number of piperidine rings is 1. The van der Waals surface area contributed by atoms with Gasteiger partial charge in [0, 0.05) is 39.0 Å². The largest absolute Gasteiger partial charge is 0.508 e. The van der Waals surface area contributed by atoms with Gasteiger partial charge in [-0.3, -0.25) is 0 Å². The third-order valence-electron chi connectivity index (χ3n) is 4.42. The number of carbonyl (C=O) groups excluding carboxylic acids is 1. The Morgan fingerprint density at radius 2 is 2.00 bits per heavy atom. The summed E-state index contributed by atoms with van der Waals surface area (Å²) in [6, 6.07) is 0.763. The molecule has 0 spiro atoms. The van der Waals surface area contributed by atoms with E-state index in [0.717, 1.165) is 10.7 Å². The summed E-state index contributed by atoms with van der Waals surface area (Å²) in [5.41, 5.74) is 5.10. The summed E-state index contributed by atoms with van der Waals surface area (Å²) in [6.07, 6.45) is -3.30. The number of alkyl halides is 3. The van der Waals surface area contributed by atoms with Gasteiger partial charge in [0.1, 0.15) is 18.1 Å². The number of ether oxygens (including phenoxy) is 3. The number of nitrogens with two attached hydrogens (primary N) is 1. The summed E-state index contributed by atoms with van der Waals surface area (Å²) in [4.78, 5) is 21.4. The Kier molecular flexibility index (Phi) is 6.17. The Labute approximate surface area is 169 Å². The SMILES string of the molecule is CCOC(=O)OC1CCN(c2ncnc(Oc3cc(C(F)(F)F)nn3C)c2N)CC1. The van der Waals surface area contributed by atoms with Crippen LogP contribution in [0.15, 0.2) is 12.4 Å². The number of rotatable bonds is 5. The number of halogens is 3. The molecule has 1 aliphatic rings. The fraction of sp³-hybridized carbons (Fsp3) is 0.529. The van der Waals surface area contributed by atoms with Gasteiger partial charge in [-0.15, -0.1) is 0 Å². The average Bonchev–Trinajstić information content (AvgIpc) is 3.05. The van der Waals surface area contributed by atoms with Gasteiger partial charge in [-0.2, -0.15) is 23.3 Å². The monoisotopic (exact) mass is 430 g/mol. The van der Waals surface area contributed by atoms with E-state index >= 15 is 0 Å². The molecule has 164 valence electrons. The van der Waals surface area contributed by atoms with E-state index in [1.807, 2.05) is 4.90 Å². The van der Waals surface area contributed by atoms with Crippen molar-refractivity contribution >= 4 is 17.7 Å². The van der Waals surface area contributed by atoms with Crippen LogP contribution in [0.25, 0.3) is 0 Å². The van der Waals surface area contributed by atoms with Gasteiger partial charge in [0.25, 0.3) is 0 Å². The smallest absolute Gasteiger partial charge is 0.435 e. The molecular weight excluding hydrogens is 409 g/mol. The molecule has 0 aliphatic carbocycles. The normalized spacial score (nSPS) is 15.2. The number of nitrogens with zero attached hydrogens (tertiary/aromatic N) is 5. The maximum Gasteiger partial charge on any atom is 0.508 e. The van der Waals surface area contributed by atoms with Crippen LogP contribution in [0, 0.1) is 0 Å². The Bertz CT molecular complexity index is 896. The van der Waals surface area contributed by atoms with E-state index in [4.69, 9.17) is 19.9 Å². The molecule has 1 saturated heterocycles. The molecule has 3 heterocycles. The van der Waals surface area contributed by atoms with Gasteiger partial charge >= 0.3 is 12.3 Å². The predicted octanol–water partition coefficient (Wildman–Crippen LogP) is 2.75. The van der Waals surface area contributed by atoms with Crippen LogP contribution >= 0.6 is 0 Å². The lowest BCUT2D eigenvalue weighted by atomic mass is 10.1. The topological polar surface area (TPSA) is 118 Å². The number of aryl methyl sites for hydroxylation is 1. The minimum absolute atomic E-state index is 0.0806. The van der Waals surface area contributed by atoms with E-state index in [0.29, 0.717) is 31.7 Å². The van der Waals surface area contributed by atoms with Crippen molar-refractivity contribution in [3.8, 4) is 11.8 Å². The molecular formula is C17H21F3N6O4. The quantitative estimate of drug-likeness (QED) is 0.715. The third-order valence-corrected chi connectivity index (χ3v) is 4.42. The highest BCUT2D eigenvalue weighted by molar-refractivity contribution is 5.68. The van der Waals surface area contributed by atoms with Gasteiger partial charge in [-0.25, -0.2) is 14.5 Å². The van der Waals surface area contributed by atoms with E-state index < -0.39 is 18.0 Å². The van der Waals surface area contributed by atoms with Crippen molar-refractivity contribution in [1.29, 1.82) is 0 Å². The number of nitrogen functional groups attached to an aromatic ring is 1. The maximum atomic E-state index is 12.8. The van der Waals surface area contributed by atoms with Crippen LogP contribution in [0.3, 0.4) is 0 Å². The molecule has 2 N–H and O–H groups in total. The zero-order valence-electron chi connectivity index (χ0n) is 16.3. The second-order valence-electron chi connectivity index (χ2n) is 6.49. The van der Waals surface area contributed by atoms with Crippen LogP contribution in [0.4, 0.5) is 29.5 Å². The standard InChI is InChI=1S/C17H21F3N6O4/c1-3-28-16(27)29-10-4-6-26(7-5-10)14-13(21)15(23-9-22-14)30-12-8-11(17(18,19)20)24-25(12)2/h8-10H,3-7,21H2,1-2H3. The molecule has 0 aromatic carbocycles. The van der Waals surface area contributed by atoms with Gasteiger partial charge in [-0.1, -0.05) is 0 Å². The zero-order valence-corrected chi connectivity index (χ0v) is 16.3. The van der Waals surface area contributed by atoms with Crippen molar-refractivity contribution in [1.82, 2.24) is 19.7 Å². The van der Waals surface area contributed by atoms with Gasteiger partial charge in [0.2, 0.25) is 11.8 Å². The fourth-order valence-corrected chi connectivity index (χ4v) is 2.96. The number of hydrogen-bond acceptors (Lipinski definition) is 9. The lowest BCUT2D eigenvalue weighted by Crippen LogP contribution is -2.38. The first-order chi connectivity index (χ1) is 14.2. The first kappa shape index (κ1) is 21.5. The van der Waals surface area contributed by atoms with E-state index in [-0.39, 0.29) is 30.2 Å². The lowest BCUT2D eigenvalue weighted by molar-refractivity contribution is -0.141. The minimum atomic E-state index is -4.60. The second kappa shape index (κ2) is 8.63. The molecule has 1 fully saturated rings. The van der Waals surface area contributed by atoms with Gasteiger partial charge in [0.05, 0.1) is 6.61 Å². The molecule has 0 unspecified atom stereocenters. The van der Waals surface area contributed by atoms with Crippen molar-refractivity contribution in [2.45, 2.75) is 32.0 Å². The van der Waals surface area contributed by atoms with Crippen molar-refractivity contribution in [3.05, 3.63) is 18.1 Å². The molecule has 2 aromatic heterocycles. The first-order valence-electron chi connectivity index (χ1n) is 9.17. The van der Waals surface area contributed by atoms with Crippen molar-refractivity contribution < 1.29 is 32.2 Å². The predicted molar refractivity (Wildman–Crippen MR) is 98.1 cm³/mol. The van der Waals surface area contributed by atoms with Crippen LogP contribution in [0.2, 0.25) is 0 Å². The molecule has 0 atom stereocenters. The first-order valence-corrected chi connectivity index (χ1v) is 9.17. The Morgan fingerprint density at radius 1 is 1.30 bits per heavy atom. The summed E-state index contributed by atoms with van der Waals surface area (Å²) >= 11 is 0. The van der Waals surface area contributed by atoms with E-state index in [1.54, 1.807) is 6.92 Å². The van der Waals surface area contributed by atoms with Crippen LogP contribution in [-0.2, 0) is 22.7 Å². The molecule has 3 rings (SSSR count). The van der Waals surface area contributed by atoms with Crippen LogP contribution in [0.5, 0.6) is 11.8 Å². The lowest BCUT2D eigenvalue weighted by Gasteiger charge is -2.32.